The lowest BCUT2D eigenvalue weighted by molar-refractivity contribution is 0.308. The van der Waals surface area contributed by atoms with Crippen LogP contribution in [0.5, 0.6) is 0 Å². The zero-order chi connectivity index (χ0) is 12.0. The van der Waals surface area contributed by atoms with Gasteiger partial charge in [0.15, 0.2) is 0 Å². The van der Waals surface area contributed by atoms with E-state index in [-0.39, 0.29) is 9.84 Å². The van der Waals surface area contributed by atoms with Crippen LogP contribution in [-0.2, 0) is 0 Å². The summed E-state index contributed by atoms with van der Waals surface area (Å²) in [6.45, 7) is 9.47. The highest BCUT2D eigenvalue weighted by molar-refractivity contribution is 5.75. The van der Waals surface area contributed by atoms with Crippen LogP contribution >= 0.6 is 0 Å². The van der Waals surface area contributed by atoms with Crippen molar-refractivity contribution in [3.05, 3.63) is 0 Å². The van der Waals surface area contributed by atoms with E-state index in [0.29, 0.717) is 0 Å². The summed E-state index contributed by atoms with van der Waals surface area (Å²) in [5.41, 5.74) is 0. The topological polar surface area (TPSA) is 0 Å². The average Bonchev–Trinajstić information content (AvgIpc) is 2.28. The molecule has 0 aliphatic heterocycles. The molecule has 2 rings (SSSR count). The first kappa shape index (κ1) is 17.1. The third-order valence-electron chi connectivity index (χ3n) is 4.61. The summed E-state index contributed by atoms with van der Waals surface area (Å²) >= 11 is 0. The molecule has 3 radical (unpaired) electrons. The van der Waals surface area contributed by atoms with Gasteiger partial charge in [0.1, 0.15) is 0 Å². The summed E-state index contributed by atoms with van der Waals surface area (Å²) in [6.07, 6.45) is 11.8. The highest BCUT2D eigenvalue weighted by Crippen LogP contribution is 2.27. The van der Waals surface area contributed by atoms with Crippen molar-refractivity contribution in [2.75, 3.05) is 0 Å². The van der Waals surface area contributed by atoms with Crippen molar-refractivity contribution in [3.63, 3.8) is 0 Å². The highest BCUT2D eigenvalue weighted by Gasteiger charge is 2.13. The van der Waals surface area contributed by atoms with Gasteiger partial charge in [-0.15, -0.1) is 0 Å². The minimum atomic E-state index is 0. The zero-order valence-electron chi connectivity index (χ0n) is 12.5. The van der Waals surface area contributed by atoms with Gasteiger partial charge in [0.2, 0.25) is 0 Å². The second-order valence-corrected chi connectivity index (χ2v) is 6.73. The predicted molar refractivity (Wildman–Crippen MR) is 81.5 cm³/mol. The Kier molecular flexibility index (Phi) is 9.09. The van der Waals surface area contributed by atoms with Gasteiger partial charge in [0.25, 0.3) is 0 Å². The van der Waals surface area contributed by atoms with Crippen LogP contribution in [0, 0.1) is 23.7 Å². The minimum Gasteiger partial charge on any atom is -0.0625 e. The van der Waals surface area contributed by atoms with E-state index in [1.165, 1.54) is 51.4 Å². The standard InChI is InChI=1S/2C8H16.B.H2/c2*1-7-3-5-8(2)6-4-7;;/h2*7-8H,3-6H2,1-2H3;;1H/i;;;1+1. The Labute approximate surface area is 113 Å². The molecular weight excluding hydrogens is 203 g/mol. The van der Waals surface area contributed by atoms with Crippen LogP contribution in [-0.4, -0.2) is 8.41 Å². The van der Waals surface area contributed by atoms with E-state index in [1.54, 1.807) is 0 Å². The number of rotatable bonds is 0. The first-order chi connectivity index (χ1) is 7.58. The zero-order valence-corrected chi connectivity index (χ0v) is 12.5. The van der Waals surface area contributed by atoms with E-state index in [2.05, 4.69) is 27.7 Å². The lowest BCUT2D eigenvalue weighted by atomic mass is 9.84. The van der Waals surface area contributed by atoms with Gasteiger partial charge in [0, 0.05) is 9.84 Å². The summed E-state index contributed by atoms with van der Waals surface area (Å²) in [5, 5.41) is 0. The molecule has 101 valence electrons. The van der Waals surface area contributed by atoms with E-state index < -0.39 is 0 Å². The van der Waals surface area contributed by atoms with Crippen molar-refractivity contribution < 1.29 is 1.43 Å². The highest BCUT2D eigenvalue weighted by atomic mass is 14.2. The van der Waals surface area contributed by atoms with Crippen LogP contribution in [0.3, 0.4) is 0 Å². The summed E-state index contributed by atoms with van der Waals surface area (Å²) in [7, 11) is 0. The van der Waals surface area contributed by atoms with Crippen molar-refractivity contribution >= 4 is 8.41 Å². The fourth-order valence-electron chi connectivity index (χ4n) is 2.85. The van der Waals surface area contributed by atoms with Crippen LogP contribution in [0.4, 0.5) is 0 Å². The fourth-order valence-corrected chi connectivity index (χ4v) is 2.85. The number of hydrogen-bond acceptors (Lipinski definition) is 0. The Morgan fingerprint density at radius 2 is 0.588 bits per heavy atom. The maximum atomic E-state index is 2.37. The lowest BCUT2D eigenvalue weighted by Gasteiger charge is -2.22. The van der Waals surface area contributed by atoms with Crippen LogP contribution < -0.4 is 0 Å². The van der Waals surface area contributed by atoms with Crippen molar-refractivity contribution in [2.24, 2.45) is 23.7 Å². The van der Waals surface area contributed by atoms with Gasteiger partial charge in [-0.1, -0.05) is 79.1 Å². The van der Waals surface area contributed by atoms with Crippen LogP contribution in [0.15, 0.2) is 0 Å². The normalized spacial score (nSPS) is 37.4. The SMILES string of the molecule is CC1CCC(C)CC1.CC1CCC(C)CC1.[2HH].[B]. The molecule has 0 nitrogen and oxygen atoms in total. The first-order valence-electron chi connectivity index (χ1n) is 7.58. The van der Waals surface area contributed by atoms with Crippen molar-refractivity contribution in [1.82, 2.24) is 0 Å². The minimum absolute atomic E-state index is 0. The van der Waals surface area contributed by atoms with Gasteiger partial charge in [-0.3, -0.25) is 0 Å². The van der Waals surface area contributed by atoms with Gasteiger partial charge in [-0.05, 0) is 23.7 Å². The molecule has 0 N–H and O–H groups in total. The van der Waals surface area contributed by atoms with Crippen molar-refractivity contribution in [1.29, 1.82) is 0 Å². The first-order valence-corrected chi connectivity index (χ1v) is 7.58. The molecule has 2 aliphatic carbocycles. The molecule has 0 aromatic heterocycles. The molecule has 0 amide bonds. The molecule has 0 atom stereocenters. The summed E-state index contributed by atoms with van der Waals surface area (Å²) in [6, 6.07) is 0. The Morgan fingerprint density at radius 1 is 0.471 bits per heavy atom. The van der Waals surface area contributed by atoms with Crippen LogP contribution in [0.1, 0.15) is 80.5 Å². The molecule has 2 fully saturated rings. The van der Waals surface area contributed by atoms with Gasteiger partial charge < -0.3 is 0 Å². The summed E-state index contributed by atoms with van der Waals surface area (Å²) < 4.78 is 0. The Morgan fingerprint density at radius 3 is 0.706 bits per heavy atom. The second-order valence-electron chi connectivity index (χ2n) is 6.73. The molecular formula is C16H34B. The van der Waals surface area contributed by atoms with Gasteiger partial charge in [0.05, 0.1) is 0 Å². The third-order valence-corrected chi connectivity index (χ3v) is 4.61. The number of hydrogen-bond donors (Lipinski definition) is 0. The van der Waals surface area contributed by atoms with Gasteiger partial charge in [-0.2, -0.15) is 0 Å². The Hall–Kier alpha value is 0.0649. The Balaban J connectivity index is 0. The summed E-state index contributed by atoms with van der Waals surface area (Å²) in [4.78, 5) is 0. The van der Waals surface area contributed by atoms with Gasteiger partial charge >= 0.3 is 0 Å². The molecule has 0 saturated heterocycles. The molecule has 0 aromatic carbocycles. The van der Waals surface area contributed by atoms with Crippen LogP contribution in [0.25, 0.3) is 0 Å². The van der Waals surface area contributed by atoms with E-state index in [0.717, 1.165) is 23.7 Å². The smallest absolute Gasteiger partial charge is 0 e. The molecule has 0 unspecified atom stereocenters. The van der Waals surface area contributed by atoms with Crippen LogP contribution in [0.2, 0.25) is 0 Å². The summed E-state index contributed by atoms with van der Waals surface area (Å²) in [5.74, 6) is 4.08. The van der Waals surface area contributed by atoms with E-state index in [1.807, 2.05) is 0 Å². The van der Waals surface area contributed by atoms with E-state index in [9.17, 15) is 0 Å². The van der Waals surface area contributed by atoms with Crippen molar-refractivity contribution in [3.8, 4) is 0 Å². The van der Waals surface area contributed by atoms with E-state index in [4.69, 9.17) is 0 Å². The molecule has 0 spiro atoms. The van der Waals surface area contributed by atoms with Crippen molar-refractivity contribution in [2.45, 2.75) is 79.1 Å². The molecule has 2 saturated carbocycles. The molecule has 0 heterocycles. The maximum Gasteiger partial charge on any atom is 0 e. The molecule has 0 aromatic rings. The molecule has 17 heavy (non-hydrogen) atoms. The van der Waals surface area contributed by atoms with Gasteiger partial charge in [-0.25, -0.2) is 0 Å². The largest absolute Gasteiger partial charge is 0.0625 e. The lowest BCUT2D eigenvalue weighted by Crippen LogP contribution is -2.08. The molecule has 2 aliphatic rings. The third kappa shape index (κ3) is 7.89. The average molecular weight is 238 g/mol. The maximum absolute atomic E-state index is 2.37. The quantitative estimate of drug-likeness (QED) is 0.487. The second kappa shape index (κ2) is 9.06. The Bertz CT molecular complexity index is 128. The molecule has 0 bridgehead atoms. The fraction of sp³-hybridized carbons (Fsp3) is 1.00. The predicted octanol–water partition coefficient (Wildman–Crippen LogP) is 5.53. The van der Waals surface area contributed by atoms with E-state index >= 15 is 0 Å². The monoisotopic (exact) mass is 238 g/mol. The molecule has 1 heteroatoms.